The fourth-order valence-electron chi connectivity index (χ4n) is 3.14. The number of benzene rings is 1. The van der Waals surface area contributed by atoms with Gasteiger partial charge in [-0.25, -0.2) is 4.68 Å². The van der Waals surface area contributed by atoms with Gasteiger partial charge in [0.2, 0.25) is 0 Å². The van der Waals surface area contributed by atoms with E-state index in [4.69, 9.17) is 11.6 Å². The Morgan fingerprint density at radius 2 is 2.28 bits per heavy atom. The summed E-state index contributed by atoms with van der Waals surface area (Å²) in [5.74, 6) is 0.0949. The second-order valence-corrected chi connectivity index (χ2v) is 6.93. The Balaban J connectivity index is 0.00000225. The van der Waals surface area contributed by atoms with Crippen LogP contribution in [0.5, 0.6) is 0 Å². The van der Waals surface area contributed by atoms with Gasteiger partial charge in [-0.1, -0.05) is 31.5 Å². The maximum atomic E-state index is 12.6. The molecule has 136 valence electrons. The second-order valence-electron chi connectivity index (χ2n) is 6.49. The van der Waals surface area contributed by atoms with E-state index in [9.17, 15) is 4.79 Å². The van der Waals surface area contributed by atoms with Crippen molar-refractivity contribution in [2.75, 3.05) is 13.1 Å². The average molecular weight is 383 g/mol. The molecule has 0 saturated carbocycles. The number of carbonyl (C=O) groups is 1. The highest BCUT2D eigenvalue weighted by molar-refractivity contribution is 6.30. The van der Waals surface area contributed by atoms with Crippen LogP contribution in [0.25, 0.3) is 5.69 Å². The van der Waals surface area contributed by atoms with Crippen molar-refractivity contribution in [3.8, 4) is 5.69 Å². The lowest BCUT2D eigenvalue weighted by molar-refractivity contribution is 0.0949. The van der Waals surface area contributed by atoms with E-state index in [0.29, 0.717) is 23.2 Å². The number of rotatable bonds is 5. The monoisotopic (exact) mass is 382 g/mol. The van der Waals surface area contributed by atoms with Gasteiger partial charge in [0, 0.05) is 17.6 Å². The van der Waals surface area contributed by atoms with Crippen LogP contribution in [0.3, 0.4) is 0 Å². The Labute approximate surface area is 159 Å². The van der Waals surface area contributed by atoms with E-state index in [1.807, 2.05) is 24.3 Å². The SMILES string of the molecule is CC(C)c1c(C(=O)NCC2CCCN2)cnn1-c1cccc(Cl)c1.Cl. The van der Waals surface area contributed by atoms with Crippen LogP contribution in [0.1, 0.15) is 48.7 Å². The number of nitrogens with zero attached hydrogens (tertiary/aromatic N) is 2. The fourth-order valence-corrected chi connectivity index (χ4v) is 3.33. The highest BCUT2D eigenvalue weighted by Crippen LogP contribution is 2.24. The summed E-state index contributed by atoms with van der Waals surface area (Å²) in [6.45, 7) is 5.81. The van der Waals surface area contributed by atoms with Crippen molar-refractivity contribution in [3.05, 3.63) is 46.7 Å². The first-order chi connectivity index (χ1) is 11.6. The minimum absolute atomic E-state index is 0. The molecule has 3 rings (SSSR count). The maximum absolute atomic E-state index is 12.6. The molecule has 1 atom stereocenters. The molecule has 2 aromatic rings. The Morgan fingerprint density at radius 3 is 2.92 bits per heavy atom. The average Bonchev–Trinajstić information content (AvgIpc) is 3.22. The summed E-state index contributed by atoms with van der Waals surface area (Å²) in [5, 5.41) is 11.5. The minimum atomic E-state index is -0.0688. The normalized spacial score (nSPS) is 16.7. The molecule has 7 heteroatoms. The third-order valence-electron chi connectivity index (χ3n) is 4.32. The maximum Gasteiger partial charge on any atom is 0.254 e. The highest BCUT2D eigenvalue weighted by atomic mass is 35.5. The number of halogens is 2. The van der Waals surface area contributed by atoms with E-state index in [0.717, 1.165) is 24.3 Å². The summed E-state index contributed by atoms with van der Waals surface area (Å²) in [7, 11) is 0. The summed E-state index contributed by atoms with van der Waals surface area (Å²) in [4.78, 5) is 12.6. The lowest BCUT2D eigenvalue weighted by Crippen LogP contribution is -2.37. The lowest BCUT2D eigenvalue weighted by Gasteiger charge is -2.14. The Bertz CT molecular complexity index is 724. The standard InChI is InChI=1S/C18H23ClN4O.ClH/c1-12(2)17-16(18(24)21-10-14-6-4-8-20-14)11-22-23(17)15-7-3-5-13(19)9-15;/h3,5,7,9,11-12,14,20H,4,6,8,10H2,1-2H3,(H,21,24);1H. The Hall–Kier alpha value is -1.56. The molecule has 1 saturated heterocycles. The molecule has 1 amide bonds. The molecule has 1 aromatic heterocycles. The van der Waals surface area contributed by atoms with Gasteiger partial charge in [-0.05, 0) is 43.5 Å². The second kappa shape index (κ2) is 8.70. The zero-order valence-electron chi connectivity index (χ0n) is 14.5. The molecule has 1 aliphatic heterocycles. The summed E-state index contributed by atoms with van der Waals surface area (Å²) >= 11 is 6.09. The van der Waals surface area contributed by atoms with Gasteiger partial charge >= 0.3 is 0 Å². The molecule has 0 aliphatic carbocycles. The number of nitrogens with one attached hydrogen (secondary N) is 2. The van der Waals surface area contributed by atoms with Gasteiger partial charge < -0.3 is 10.6 Å². The fraction of sp³-hybridized carbons (Fsp3) is 0.444. The molecule has 0 radical (unpaired) electrons. The van der Waals surface area contributed by atoms with E-state index < -0.39 is 0 Å². The predicted octanol–water partition coefficient (Wildman–Crippen LogP) is 3.55. The third-order valence-corrected chi connectivity index (χ3v) is 4.56. The largest absolute Gasteiger partial charge is 0.350 e. The van der Waals surface area contributed by atoms with Gasteiger partial charge in [0.1, 0.15) is 0 Å². The van der Waals surface area contributed by atoms with E-state index in [1.54, 1.807) is 10.9 Å². The summed E-state index contributed by atoms with van der Waals surface area (Å²) < 4.78 is 1.80. The molecule has 25 heavy (non-hydrogen) atoms. The number of carbonyl (C=O) groups excluding carboxylic acids is 1. The molecule has 1 aromatic carbocycles. The molecular formula is C18H24Cl2N4O. The van der Waals surface area contributed by atoms with Crippen molar-refractivity contribution in [2.24, 2.45) is 0 Å². The van der Waals surface area contributed by atoms with Crippen LogP contribution in [0, 0.1) is 0 Å². The van der Waals surface area contributed by atoms with Crippen LogP contribution in [0.2, 0.25) is 5.02 Å². The Morgan fingerprint density at radius 1 is 1.48 bits per heavy atom. The molecule has 1 fully saturated rings. The smallest absolute Gasteiger partial charge is 0.254 e. The van der Waals surface area contributed by atoms with Gasteiger partial charge in [0.15, 0.2) is 0 Å². The molecule has 0 bridgehead atoms. The molecule has 0 spiro atoms. The first-order valence-corrected chi connectivity index (χ1v) is 8.79. The van der Waals surface area contributed by atoms with Crippen molar-refractivity contribution in [2.45, 2.75) is 38.6 Å². The number of hydrogen-bond acceptors (Lipinski definition) is 3. The molecule has 5 nitrogen and oxygen atoms in total. The number of hydrogen-bond donors (Lipinski definition) is 2. The van der Waals surface area contributed by atoms with Crippen LogP contribution in [-0.4, -0.2) is 34.8 Å². The van der Waals surface area contributed by atoms with Crippen LogP contribution in [0.15, 0.2) is 30.5 Å². The van der Waals surface area contributed by atoms with Gasteiger partial charge in [-0.2, -0.15) is 5.10 Å². The summed E-state index contributed by atoms with van der Waals surface area (Å²) in [6.07, 6.45) is 3.93. The van der Waals surface area contributed by atoms with Crippen molar-refractivity contribution in [3.63, 3.8) is 0 Å². The predicted molar refractivity (Wildman–Crippen MR) is 103 cm³/mol. The third kappa shape index (κ3) is 4.54. The zero-order valence-corrected chi connectivity index (χ0v) is 16.0. The van der Waals surface area contributed by atoms with Crippen molar-refractivity contribution < 1.29 is 4.79 Å². The molecule has 2 heterocycles. The van der Waals surface area contributed by atoms with Crippen molar-refractivity contribution >= 4 is 29.9 Å². The quantitative estimate of drug-likeness (QED) is 0.830. The number of amides is 1. The van der Waals surface area contributed by atoms with Gasteiger partial charge in [0.05, 0.1) is 23.1 Å². The van der Waals surface area contributed by atoms with Gasteiger partial charge in [-0.15, -0.1) is 12.4 Å². The highest BCUT2D eigenvalue weighted by Gasteiger charge is 2.22. The molecular weight excluding hydrogens is 359 g/mol. The van der Waals surface area contributed by atoms with Crippen LogP contribution < -0.4 is 10.6 Å². The van der Waals surface area contributed by atoms with Crippen LogP contribution >= 0.6 is 24.0 Å². The molecule has 1 unspecified atom stereocenters. The van der Waals surface area contributed by atoms with E-state index in [2.05, 4.69) is 29.6 Å². The van der Waals surface area contributed by atoms with E-state index in [-0.39, 0.29) is 24.2 Å². The molecule has 2 N–H and O–H groups in total. The first kappa shape index (κ1) is 19.8. The van der Waals surface area contributed by atoms with Gasteiger partial charge in [0.25, 0.3) is 5.91 Å². The van der Waals surface area contributed by atoms with E-state index >= 15 is 0 Å². The minimum Gasteiger partial charge on any atom is -0.350 e. The van der Waals surface area contributed by atoms with Crippen LogP contribution in [-0.2, 0) is 0 Å². The first-order valence-electron chi connectivity index (χ1n) is 8.41. The van der Waals surface area contributed by atoms with Gasteiger partial charge in [-0.3, -0.25) is 4.79 Å². The number of aromatic nitrogens is 2. The topological polar surface area (TPSA) is 59.0 Å². The Kier molecular flexibility index (Phi) is 6.87. The van der Waals surface area contributed by atoms with Crippen molar-refractivity contribution in [1.82, 2.24) is 20.4 Å². The zero-order chi connectivity index (χ0) is 17.1. The molecule has 1 aliphatic rings. The lowest BCUT2D eigenvalue weighted by atomic mass is 10.0. The van der Waals surface area contributed by atoms with Crippen LogP contribution in [0.4, 0.5) is 0 Å². The van der Waals surface area contributed by atoms with E-state index in [1.165, 1.54) is 6.42 Å². The summed E-state index contributed by atoms with van der Waals surface area (Å²) in [5.41, 5.74) is 2.39. The summed E-state index contributed by atoms with van der Waals surface area (Å²) in [6, 6.07) is 7.87. The van der Waals surface area contributed by atoms with Crippen molar-refractivity contribution in [1.29, 1.82) is 0 Å².